The Hall–Kier alpha value is -4.15. The second-order valence-electron chi connectivity index (χ2n) is 9.96. The zero-order valence-electron chi connectivity index (χ0n) is 22.9. The molecule has 2 bridgehead atoms. The van der Waals surface area contributed by atoms with Gasteiger partial charge in [-0.25, -0.2) is 0 Å². The summed E-state index contributed by atoms with van der Waals surface area (Å²) in [4.78, 5) is 79.1. The van der Waals surface area contributed by atoms with Crippen LogP contribution in [-0.2, 0) is 41.9 Å². The minimum Gasteiger partial charge on any atom is -0.481 e. The minimum absolute atomic E-state index is 0.0491. The van der Waals surface area contributed by atoms with Gasteiger partial charge in [-0.1, -0.05) is 6.07 Å². The van der Waals surface area contributed by atoms with Crippen LogP contribution in [0.15, 0.2) is 18.2 Å². The predicted octanol–water partition coefficient (Wildman–Crippen LogP) is -0.0448. The second kappa shape index (κ2) is 16.3. The lowest BCUT2D eigenvalue weighted by molar-refractivity contribution is -0.148. The molecule has 3 atom stereocenters. The van der Waals surface area contributed by atoms with Crippen molar-refractivity contribution in [3.05, 3.63) is 29.6 Å². The van der Waals surface area contributed by atoms with Gasteiger partial charge in [-0.05, 0) is 31.4 Å². The van der Waals surface area contributed by atoms with E-state index < -0.39 is 73.2 Å². The van der Waals surface area contributed by atoms with Crippen LogP contribution in [0.5, 0.6) is 0 Å². The molecule has 42 heavy (non-hydrogen) atoms. The third-order valence-electron chi connectivity index (χ3n) is 7.02. The van der Waals surface area contributed by atoms with Crippen LogP contribution < -0.4 is 0 Å². The molecule has 0 saturated heterocycles. The van der Waals surface area contributed by atoms with E-state index in [1.54, 1.807) is 18.2 Å². The van der Waals surface area contributed by atoms with Gasteiger partial charge in [0.15, 0.2) is 0 Å². The summed E-state index contributed by atoms with van der Waals surface area (Å²) in [6.45, 7) is -0.359. The van der Waals surface area contributed by atoms with Crippen molar-refractivity contribution in [2.24, 2.45) is 0 Å². The number of rotatable bonds is 15. The molecular formula is C26H36N4O12. The number of carboxylic acid groups (broad SMARTS) is 6. The first-order valence-electron chi connectivity index (χ1n) is 13.3. The number of hydrogen-bond acceptors (Lipinski definition) is 10. The minimum atomic E-state index is -1.32. The van der Waals surface area contributed by atoms with Crippen molar-refractivity contribution in [3.8, 4) is 0 Å². The third kappa shape index (κ3) is 11.0. The summed E-state index contributed by atoms with van der Waals surface area (Å²) in [6.07, 6.45) is -2.07. The lowest BCUT2D eigenvalue weighted by atomic mass is 10.1. The lowest BCUT2D eigenvalue weighted by Crippen LogP contribution is -2.52. The average molecular weight is 597 g/mol. The van der Waals surface area contributed by atoms with E-state index in [-0.39, 0.29) is 58.5 Å². The molecule has 1 aromatic heterocycles. The molecule has 2 rings (SSSR count). The number of hydrogen-bond donors (Lipinski definition) is 6. The number of aliphatic carboxylic acids is 6. The van der Waals surface area contributed by atoms with Crippen molar-refractivity contribution >= 4 is 35.8 Å². The second-order valence-corrected chi connectivity index (χ2v) is 9.96. The summed E-state index contributed by atoms with van der Waals surface area (Å²) in [5.74, 6) is -7.47. The first kappa shape index (κ1) is 34.1. The summed E-state index contributed by atoms with van der Waals surface area (Å²) in [5.41, 5.74) is 0.804. The maximum absolute atomic E-state index is 12.2. The Labute approximate surface area is 240 Å². The molecule has 1 aliphatic heterocycles. The summed E-state index contributed by atoms with van der Waals surface area (Å²) < 4.78 is 0. The van der Waals surface area contributed by atoms with Crippen LogP contribution in [0.4, 0.5) is 0 Å². The summed E-state index contributed by atoms with van der Waals surface area (Å²) >= 11 is 0. The molecule has 2 unspecified atom stereocenters. The largest absolute Gasteiger partial charge is 0.481 e. The molecular weight excluding hydrogens is 560 g/mol. The molecule has 16 heteroatoms. The Morgan fingerprint density at radius 1 is 0.571 bits per heavy atom. The Balaban J connectivity index is 2.55. The summed E-state index contributed by atoms with van der Waals surface area (Å²) in [6, 6.07) is 1.08. The maximum atomic E-state index is 12.2. The van der Waals surface area contributed by atoms with Gasteiger partial charge in [0, 0.05) is 58.5 Å². The number of aromatic nitrogens is 1. The van der Waals surface area contributed by atoms with Crippen molar-refractivity contribution in [3.63, 3.8) is 0 Å². The SMILES string of the molecule is O=C(O)CCC(C(=O)O)N1CCN([C@@H](CCC(=O)O)C(=O)O)CCN(C(CCC(=O)O)C(=O)O)Cc2cccc(n2)C1. The average Bonchev–Trinajstić information content (AvgIpc) is 2.87. The molecule has 0 spiro atoms. The fraction of sp³-hybridized carbons (Fsp3) is 0.577. The molecule has 0 fully saturated rings. The highest BCUT2D eigenvalue weighted by Gasteiger charge is 2.33. The van der Waals surface area contributed by atoms with Gasteiger partial charge in [0.1, 0.15) is 18.1 Å². The Morgan fingerprint density at radius 3 is 1.19 bits per heavy atom. The number of pyridine rings is 1. The van der Waals surface area contributed by atoms with E-state index in [4.69, 9.17) is 15.3 Å². The number of carboxylic acids is 6. The highest BCUT2D eigenvalue weighted by atomic mass is 16.4. The Morgan fingerprint density at radius 2 is 0.881 bits per heavy atom. The van der Waals surface area contributed by atoms with Gasteiger partial charge < -0.3 is 30.6 Å². The molecule has 0 aliphatic carbocycles. The van der Waals surface area contributed by atoms with Gasteiger partial charge >= 0.3 is 35.8 Å². The van der Waals surface area contributed by atoms with E-state index in [0.29, 0.717) is 11.4 Å². The standard InChI is InChI=1S/C26H36N4O12/c31-21(32)7-4-18(24(37)38)28-10-12-29(19(25(39)40)5-8-22(33)34)14-16-2-1-3-17(27-16)15-30(13-11-28)20(26(41)42)6-9-23(35)36/h1-3,18-20H,4-15H2,(H,31,32)(H,33,34)(H,35,36)(H,37,38)(H,39,40)(H,41,42)/t18-,19?,20?/m0/s1. The summed E-state index contributed by atoms with van der Waals surface area (Å²) in [5, 5.41) is 57.2. The van der Waals surface area contributed by atoms with Crippen molar-refractivity contribution in [2.75, 3.05) is 26.2 Å². The monoisotopic (exact) mass is 596 g/mol. The van der Waals surface area contributed by atoms with Crippen molar-refractivity contribution < 1.29 is 59.4 Å². The van der Waals surface area contributed by atoms with Gasteiger partial charge in [0.2, 0.25) is 0 Å². The normalized spacial score (nSPS) is 17.6. The van der Waals surface area contributed by atoms with E-state index >= 15 is 0 Å². The highest BCUT2D eigenvalue weighted by molar-refractivity contribution is 5.76. The van der Waals surface area contributed by atoms with E-state index in [0.717, 1.165) is 0 Å². The van der Waals surface area contributed by atoms with E-state index in [9.17, 15) is 44.1 Å². The molecule has 0 radical (unpaired) electrons. The molecule has 1 aliphatic rings. The number of nitrogens with zero attached hydrogens (tertiary/aromatic N) is 4. The quantitative estimate of drug-likeness (QED) is 0.155. The zero-order chi connectivity index (χ0) is 31.4. The third-order valence-corrected chi connectivity index (χ3v) is 7.02. The van der Waals surface area contributed by atoms with Crippen LogP contribution in [0, 0.1) is 0 Å². The van der Waals surface area contributed by atoms with Crippen LogP contribution >= 0.6 is 0 Å². The maximum Gasteiger partial charge on any atom is 0.320 e. The molecule has 16 nitrogen and oxygen atoms in total. The highest BCUT2D eigenvalue weighted by Crippen LogP contribution is 2.19. The van der Waals surface area contributed by atoms with Crippen LogP contribution in [0.2, 0.25) is 0 Å². The van der Waals surface area contributed by atoms with Crippen molar-refractivity contribution in [1.29, 1.82) is 0 Å². The number of carbonyl (C=O) groups is 6. The number of fused-ring (bicyclic) bond motifs is 2. The lowest BCUT2D eigenvalue weighted by Gasteiger charge is -2.36. The summed E-state index contributed by atoms with van der Waals surface area (Å²) in [7, 11) is 0. The van der Waals surface area contributed by atoms with E-state index in [1.165, 1.54) is 14.7 Å². The van der Waals surface area contributed by atoms with Crippen LogP contribution in [0.1, 0.15) is 49.9 Å². The topological polar surface area (TPSA) is 246 Å². The molecule has 2 heterocycles. The van der Waals surface area contributed by atoms with Gasteiger partial charge in [-0.3, -0.25) is 48.5 Å². The molecule has 1 aromatic rings. The van der Waals surface area contributed by atoms with Crippen LogP contribution in [0.3, 0.4) is 0 Å². The van der Waals surface area contributed by atoms with Crippen molar-refractivity contribution in [2.45, 2.75) is 69.7 Å². The predicted molar refractivity (Wildman–Crippen MR) is 142 cm³/mol. The van der Waals surface area contributed by atoms with Gasteiger partial charge in [-0.15, -0.1) is 0 Å². The van der Waals surface area contributed by atoms with E-state index in [1.807, 2.05) is 0 Å². The fourth-order valence-electron chi connectivity index (χ4n) is 4.92. The Kier molecular flexibility index (Phi) is 13.2. The smallest absolute Gasteiger partial charge is 0.320 e. The molecule has 0 amide bonds. The Bertz CT molecular complexity index is 1080. The van der Waals surface area contributed by atoms with Crippen LogP contribution in [0.25, 0.3) is 0 Å². The molecule has 232 valence electrons. The van der Waals surface area contributed by atoms with Gasteiger partial charge in [0.05, 0.1) is 11.4 Å². The van der Waals surface area contributed by atoms with Gasteiger partial charge in [0.25, 0.3) is 0 Å². The van der Waals surface area contributed by atoms with E-state index in [2.05, 4.69) is 4.98 Å². The first-order chi connectivity index (χ1) is 19.8. The molecule has 6 N–H and O–H groups in total. The molecule has 0 saturated carbocycles. The van der Waals surface area contributed by atoms with Crippen molar-refractivity contribution in [1.82, 2.24) is 19.7 Å². The van der Waals surface area contributed by atoms with Gasteiger partial charge in [-0.2, -0.15) is 0 Å². The first-order valence-corrected chi connectivity index (χ1v) is 13.3. The fourth-order valence-corrected chi connectivity index (χ4v) is 4.92. The zero-order valence-corrected chi connectivity index (χ0v) is 22.9. The molecule has 0 aromatic carbocycles. The van der Waals surface area contributed by atoms with Crippen LogP contribution in [-0.4, -0.2) is 130 Å².